The molecular weight excluding hydrogens is 516 g/mol. The number of fused-ring (bicyclic) bond motifs is 4. The van der Waals surface area contributed by atoms with Gasteiger partial charge in [0.15, 0.2) is 17.0 Å². The molecule has 1 aliphatic heterocycles. The SMILES string of the molecule is O=C(NNc1nc2ccccc2n2cccc12)c1cnccn1.O=c1[nH]cnc2c1ncn2[C@H]1CC[C@@H](CO)O1. The van der Waals surface area contributed by atoms with Gasteiger partial charge in [-0.25, -0.2) is 19.9 Å². The first-order valence-corrected chi connectivity index (χ1v) is 12.5. The Morgan fingerprint density at radius 1 is 1.10 bits per heavy atom. The van der Waals surface area contributed by atoms with Crippen LogP contribution in [0.4, 0.5) is 5.82 Å². The Labute approximate surface area is 225 Å². The molecule has 1 aromatic carbocycles. The van der Waals surface area contributed by atoms with Crippen LogP contribution in [0.2, 0.25) is 0 Å². The Bertz CT molecular complexity index is 1850. The van der Waals surface area contributed by atoms with Crippen LogP contribution in [-0.4, -0.2) is 62.6 Å². The summed E-state index contributed by atoms with van der Waals surface area (Å²) in [6, 6.07) is 11.7. The molecule has 0 unspecified atom stereocenters. The number of aliphatic hydroxyl groups is 1. The molecule has 1 saturated heterocycles. The largest absolute Gasteiger partial charge is 0.394 e. The lowest BCUT2D eigenvalue weighted by molar-refractivity contribution is -0.0207. The van der Waals surface area contributed by atoms with Gasteiger partial charge in [0.05, 0.1) is 48.1 Å². The monoisotopic (exact) mass is 540 g/mol. The van der Waals surface area contributed by atoms with Crippen LogP contribution in [0.3, 0.4) is 0 Å². The topological polar surface area (TPSA) is 177 Å². The number of imidazole rings is 1. The number of rotatable bonds is 5. The van der Waals surface area contributed by atoms with Crippen molar-refractivity contribution < 1.29 is 14.6 Å². The molecule has 40 heavy (non-hydrogen) atoms. The van der Waals surface area contributed by atoms with Gasteiger partial charge in [0.25, 0.3) is 11.5 Å². The van der Waals surface area contributed by atoms with E-state index in [2.05, 4.69) is 40.8 Å². The maximum atomic E-state index is 12.0. The maximum absolute atomic E-state index is 12.0. The first kappa shape index (κ1) is 25.1. The van der Waals surface area contributed by atoms with Gasteiger partial charge in [-0.05, 0) is 37.1 Å². The van der Waals surface area contributed by atoms with Gasteiger partial charge >= 0.3 is 0 Å². The fourth-order valence-electron chi connectivity index (χ4n) is 4.51. The highest BCUT2D eigenvalue weighted by Gasteiger charge is 2.27. The molecule has 202 valence electrons. The van der Waals surface area contributed by atoms with Crippen LogP contribution < -0.4 is 16.4 Å². The van der Waals surface area contributed by atoms with E-state index in [-0.39, 0.29) is 36.1 Å². The highest BCUT2D eigenvalue weighted by Crippen LogP contribution is 2.29. The number of nitrogens with one attached hydrogen (secondary N) is 3. The average molecular weight is 541 g/mol. The minimum Gasteiger partial charge on any atom is -0.394 e. The summed E-state index contributed by atoms with van der Waals surface area (Å²) >= 11 is 0. The fourth-order valence-corrected chi connectivity index (χ4v) is 4.51. The van der Waals surface area contributed by atoms with E-state index in [1.54, 1.807) is 10.9 Å². The lowest BCUT2D eigenvalue weighted by Crippen LogP contribution is -2.30. The number of hydrogen-bond donors (Lipinski definition) is 4. The zero-order chi connectivity index (χ0) is 27.5. The van der Waals surface area contributed by atoms with Crippen molar-refractivity contribution in [1.29, 1.82) is 0 Å². The lowest BCUT2D eigenvalue weighted by atomic mass is 10.2. The summed E-state index contributed by atoms with van der Waals surface area (Å²) in [4.78, 5) is 46.5. The molecule has 0 spiro atoms. The summed E-state index contributed by atoms with van der Waals surface area (Å²) in [5.74, 6) is 0.184. The van der Waals surface area contributed by atoms with Gasteiger partial charge in [-0.3, -0.25) is 30.0 Å². The highest BCUT2D eigenvalue weighted by molar-refractivity contribution is 5.93. The van der Waals surface area contributed by atoms with E-state index < -0.39 is 0 Å². The molecule has 7 rings (SSSR count). The molecule has 6 heterocycles. The van der Waals surface area contributed by atoms with Gasteiger partial charge < -0.3 is 19.2 Å². The molecule has 0 saturated carbocycles. The Morgan fingerprint density at radius 2 is 1.98 bits per heavy atom. The molecule has 0 bridgehead atoms. The number of aliphatic hydroxyl groups excluding tert-OH is 1. The number of aromatic nitrogens is 8. The number of carbonyl (C=O) groups excluding carboxylic acids is 1. The van der Waals surface area contributed by atoms with Gasteiger partial charge in [-0.15, -0.1) is 0 Å². The molecule has 14 nitrogen and oxygen atoms in total. The molecule has 6 aromatic rings. The maximum Gasteiger partial charge on any atom is 0.289 e. The predicted octanol–water partition coefficient (Wildman–Crippen LogP) is 1.82. The van der Waals surface area contributed by atoms with Crippen molar-refractivity contribution in [3.05, 3.63) is 89.9 Å². The van der Waals surface area contributed by atoms with Gasteiger partial charge in [0, 0.05) is 18.6 Å². The molecule has 1 aliphatic rings. The fraction of sp³-hybridized carbons (Fsp3) is 0.192. The van der Waals surface area contributed by atoms with Crippen molar-refractivity contribution in [3.8, 4) is 0 Å². The van der Waals surface area contributed by atoms with Crippen molar-refractivity contribution in [3.63, 3.8) is 0 Å². The standard InChI is InChI=1S/C16H12N6O.C10H12N4O3/c23-16(12-10-17-7-8-18-12)21-20-15-14-6-3-9-22(14)13-5-2-1-4-11(13)19-15;15-3-6-1-2-7(17-6)14-5-13-8-9(14)11-4-12-10(8)16/h1-10H,(H,19,20)(H,21,23);4-7,15H,1-3H2,(H,11,12,16)/t;6-,7+/m.0/s1. The number of carbonyl (C=O) groups is 1. The van der Waals surface area contributed by atoms with Gasteiger partial charge in [-0.1, -0.05) is 12.1 Å². The smallest absolute Gasteiger partial charge is 0.289 e. The normalized spacial score (nSPS) is 16.6. The summed E-state index contributed by atoms with van der Waals surface area (Å²) < 4.78 is 9.37. The highest BCUT2D eigenvalue weighted by atomic mass is 16.5. The second kappa shape index (κ2) is 10.9. The number of hydrazine groups is 1. The number of para-hydroxylation sites is 2. The van der Waals surface area contributed by atoms with Gasteiger partial charge in [0.1, 0.15) is 11.9 Å². The number of ether oxygens (including phenoxy) is 1. The Balaban J connectivity index is 0.000000151. The molecular formula is C26H24N10O4. The molecule has 5 aromatic heterocycles. The number of amides is 1. The zero-order valence-corrected chi connectivity index (χ0v) is 21.0. The van der Waals surface area contributed by atoms with E-state index >= 15 is 0 Å². The third kappa shape index (κ3) is 4.83. The molecule has 4 N–H and O–H groups in total. The van der Waals surface area contributed by atoms with E-state index in [9.17, 15) is 9.59 Å². The molecule has 14 heteroatoms. The first-order chi connectivity index (χ1) is 19.6. The zero-order valence-electron chi connectivity index (χ0n) is 21.0. The molecule has 0 aliphatic carbocycles. The Morgan fingerprint density at radius 3 is 2.80 bits per heavy atom. The van der Waals surface area contributed by atoms with Gasteiger partial charge in [0.2, 0.25) is 0 Å². The third-order valence-electron chi connectivity index (χ3n) is 6.42. The number of H-pyrrole nitrogens is 1. The third-order valence-corrected chi connectivity index (χ3v) is 6.42. The van der Waals surface area contributed by atoms with Crippen LogP contribution in [0.25, 0.3) is 27.7 Å². The van der Waals surface area contributed by atoms with Gasteiger partial charge in [-0.2, -0.15) is 0 Å². The molecule has 1 fully saturated rings. The molecule has 0 radical (unpaired) electrons. The second-order valence-electron chi connectivity index (χ2n) is 8.91. The number of nitrogens with zero attached hydrogens (tertiary/aromatic N) is 7. The first-order valence-electron chi connectivity index (χ1n) is 12.5. The summed E-state index contributed by atoms with van der Waals surface area (Å²) in [5, 5.41) is 9.02. The van der Waals surface area contributed by atoms with E-state index in [0.717, 1.165) is 29.4 Å². The van der Waals surface area contributed by atoms with Crippen LogP contribution >= 0.6 is 0 Å². The van der Waals surface area contributed by atoms with Crippen LogP contribution in [0.15, 0.2) is 78.6 Å². The van der Waals surface area contributed by atoms with Crippen molar-refractivity contribution >= 4 is 39.4 Å². The number of hydrogen-bond acceptors (Lipinski definition) is 10. The van der Waals surface area contributed by atoms with Crippen molar-refractivity contribution in [1.82, 2.24) is 44.3 Å². The summed E-state index contributed by atoms with van der Waals surface area (Å²) in [6.07, 6.45) is 10.5. The van der Waals surface area contributed by atoms with Crippen molar-refractivity contribution in [2.24, 2.45) is 0 Å². The molecule has 1 amide bonds. The van der Waals surface area contributed by atoms with Crippen LogP contribution in [0.5, 0.6) is 0 Å². The second-order valence-corrected chi connectivity index (χ2v) is 8.91. The quantitative estimate of drug-likeness (QED) is 0.236. The summed E-state index contributed by atoms with van der Waals surface area (Å²) in [6.45, 7) is 0.0111. The predicted molar refractivity (Wildman–Crippen MR) is 144 cm³/mol. The number of aromatic amines is 1. The van der Waals surface area contributed by atoms with Crippen molar-refractivity contribution in [2.75, 3.05) is 12.0 Å². The minimum atomic E-state index is -0.377. The van der Waals surface area contributed by atoms with Crippen molar-refractivity contribution in [2.45, 2.75) is 25.2 Å². The minimum absolute atomic E-state index is 0.0111. The Hall–Kier alpha value is -5.21. The number of benzene rings is 1. The lowest BCUT2D eigenvalue weighted by Gasteiger charge is -2.13. The van der Waals surface area contributed by atoms with E-state index in [1.807, 2.05) is 47.0 Å². The Kier molecular flexibility index (Phi) is 6.82. The average Bonchev–Trinajstić information content (AvgIpc) is 3.77. The summed E-state index contributed by atoms with van der Waals surface area (Å²) in [7, 11) is 0. The summed E-state index contributed by atoms with van der Waals surface area (Å²) in [5.41, 5.74) is 8.94. The van der Waals surface area contributed by atoms with E-state index in [4.69, 9.17) is 9.84 Å². The van der Waals surface area contributed by atoms with E-state index in [1.165, 1.54) is 24.9 Å². The molecule has 2 atom stereocenters. The van der Waals surface area contributed by atoms with Crippen LogP contribution in [0, 0.1) is 0 Å². The van der Waals surface area contributed by atoms with Crippen LogP contribution in [0.1, 0.15) is 29.6 Å². The van der Waals surface area contributed by atoms with E-state index in [0.29, 0.717) is 17.0 Å². The number of anilines is 1. The van der Waals surface area contributed by atoms with Crippen LogP contribution in [-0.2, 0) is 4.74 Å².